The molecule has 0 aliphatic heterocycles. The Labute approximate surface area is 126 Å². The second-order valence-corrected chi connectivity index (χ2v) is 6.23. The van der Waals surface area contributed by atoms with Crippen molar-refractivity contribution in [2.75, 3.05) is 6.61 Å². The first-order chi connectivity index (χ1) is 9.29. The molecule has 1 aromatic heterocycles. The first-order valence-electron chi connectivity index (χ1n) is 6.44. The Bertz CT molecular complexity index is 499. The normalized spacial score (nSPS) is 10.6. The molecule has 2 rings (SSSR count). The van der Waals surface area contributed by atoms with E-state index in [1.165, 1.54) is 10.4 Å². The SMILES string of the molecule is CCCOc1ccc(Br)cc1CNCc1cccs1. The summed E-state index contributed by atoms with van der Waals surface area (Å²) >= 11 is 5.29. The Morgan fingerprint density at radius 3 is 2.89 bits per heavy atom. The van der Waals surface area contributed by atoms with Crippen LogP contribution in [0.3, 0.4) is 0 Å². The summed E-state index contributed by atoms with van der Waals surface area (Å²) in [6, 6.07) is 10.4. The summed E-state index contributed by atoms with van der Waals surface area (Å²) in [5.41, 5.74) is 1.19. The van der Waals surface area contributed by atoms with Crippen LogP contribution in [0.4, 0.5) is 0 Å². The van der Waals surface area contributed by atoms with Crippen LogP contribution in [0.5, 0.6) is 5.75 Å². The highest BCUT2D eigenvalue weighted by Gasteiger charge is 2.04. The van der Waals surface area contributed by atoms with Gasteiger partial charge in [-0.2, -0.15) is 0 Å². The molecule has 0 saturated heterocycles. The topological polar surface area (TPSA) is 21.3 Å². The smallest absolute Gasteiger partial charge is 0.123 e. The molecule has 0 bridgehead atoms. The molecule has 0 fully saturated rings. The van der Waals surface area contributed by atoms with Gasteiger partial charge in [0.1, 0.15) is 5.75 Å². The molecular weight excluding hydrogens is 322 g/mol. The van der Waals surface area contributed by atoms with Gasteiger partial charge in [0.15, 0.2) is 0 Å². The minimum atomic E-state index is 0.763. The van der Waals surface area contributed by atoms with Gasteiger partial charge in [0.2, 0.25) is 0 Å². The Hall–Kier alpha value is -0.840. The summed E-state index contributed by atoms with van der Waals surface area (Å²) in [5, 5.41) is 5.56. The zero-order valence-electron chi connectivity index (χ0n) is 11.0. The van der Waals surface area contributed by atoms with E-state index in [1.54, 1.807) is 11.3 Å². The number of thiophene rings is 1. The maximum Gasteiger partial charge on any atom is 0.123 e. The minimum Gasteiger partial charge on any atom is -0.493 e. The lowest BCUT2D eigenvalue weighted by atomic mass is 10.2. The van der Waals surface area contributed by atoms with Crippen molar-refractivity contribution in [3.05, 3.63) is 50.6 Å². The van der Waals surface area contributed by atoms with Gasteiger partial charge in [0.25, 0.3) is 0 Å². The molecule has 0 aliphatic carbocycles. The molecular formula is C15H18BrNOS. The first-order valence-corrected chi connectivity index (χ1v) is 8.11. The third-order valence-corrected chi connectivity index (χ3v) is 4.05. The van der Waals surface area contributed by atoms with Crippen LogP contribution in [0, 0.1) is 0 Å². The van der Waals surface area contributed by atoms with E-state index < -0.39 is 0 Å². The van der Waals surface area contributed by atoms with Crippen LogP contribution in [0.15, 0.2) is 40.2 Å². The number of nitrogens with one attached hydrogen (secondary N) is 1. The molecule has 0 spiro atoms. The second kappa shape index (κ2) is 7.68. The molecule has 102 valence electrons. The predicted molar refractivity (Wildman–Crippen MR) is 84.8 cm³/mol. The van der Waals surface area contributed by atoms with E-state index in [0.717, 1.165) is 36.3 Å². The van der Waals surface area contributed by atoms with Gasteiger partial charge in [0.05, 0.1) is 6.61 Å². The molecule has 1 aromatic carbocycles. The number of hydrogen-bond donors (Lipinski definition) is 1. The molecule has 2 nitrogen and oxygen atoms in total. The van der Waals surface area contributed by atoms with Crippen molar-refractivity contribution < 1.29 is 4.74 Å². The first kappa shape index (κ1) is 14.6. The average Bonchev–Trinajstić information content (AvgIpc) is 2.91. The number of rotatable bonds is 7. The summed E-state index contributed by atoms with van der Waals surface area (Å²) in [6.45, 7) is 4.60. The second-order valence-electron chi connectivity index (χ2n) is 4.28. The summed E-state index contributed by atoms with van der Waals surface area (Å²) < 4.78 is 6.86. The van der Waals surface area contributed by atoms with Gasteiger partial charge in [-0.15, -0.1) is 11.3 Å². The fourth-order valence-electron chi connectivity index (χ4n) is 1.77. The number of hydrogen-bond acceptors (Lipinski definition) is 3. The third-order valence-electron chi connectivity index (χ3n) is 2.68. The van der Waals surface area contributed by atoms with Crippen molar-refractivity contribution in [3.8, 4) is 5.75 Å². The van der Waals surface area contributed by atoms with E-state index in [-0.39, 0.29) is 0 Å². The van der Waals surface area contributed by atoms with Gasteiger partial charge >= 0.3 is 0 Å². The van der Waals surface area contributed by atoms with Crippen LogP contribution >= 0.6 is 27.3 Å². The molecule has 4 heteroatoms. The number of benzene rings is 1. The largest absolute Gasteiger partial charge is 0.493 e. The van der Waals surface area contributed by atoms with Crippen LogP contribution < -0.4 is 10.1 Å². The van der Waals surface area contributed by atoms with Crippen molar-refractivity contribution in [2.24, 2.45) is 0 Å². The molecule has 0 aliphatic rings. The molecule has 0 amide bonds. The Balaban J connectivity index is 1.95. The van der Waals surface area contributed by atoms with E-state index in [2.05, 4.69) is 51.7 Å². The Kier molecular flexibility index (Phi) is 5.89. The van der Waals surface area contributed by atoms with E-state index in [0.29, 0.717) is 0 Å². The minimum absolute atomic E-state index is 0.763. The Morgan fingerprint density at radius 2 is 2.16 bits per heavy atom. The average molecular weight is 340 g/mol. The number of ether oxygens (including phenoxy) is 1. The summed E-state index contributed by atoms with van der Waals surface area (Å²) in [7, 11) is 0. The molecule has 0 saturated carbocycles. The summed E-state index contributed by atoms with van der Waals surface area (Å²) in [4.78, 5) is 1.35. The van der Waals surface area contributed by atoms with E-state index in [4.69, 9.17) is 4.74 Å². The lowest BCUT2D eigenvalue weighted by Gasteiger charge is -2.12. The monoisotopic (exact) mass is 339 g/mol. The maximum atomic E-state index is 5.77. The van der Waals surface area contributed by atoms with E-state index >= 15 is 0 Å². The maximum absolute atomic E-state index is 5.77. The van der Waals surface area contributed by atoms with Crippen molar-refractivity contribution >= 4 is 27.3 Å². The standard InChI is InChI=1S/C15H18BrNOS/c1-2-7-18-15-6-5-13(16)9-12(15)10-17-11-14-4-3-8-19-14/h3-6,8-9,17H,2,7,10-11H2,1H3. The molecule has 0 atom stereocenters. The molecule has 0 unspecified atom stereocenters. The highest BCUT2D eigenvalue weighted by atomic mass is 79.9. The van der Waals surface area contributed by atoms with Crippen molar-refractivity contribution in [2.45, 2.75) is 26.4 Å². The molecule has 19 heavy (non-hydrogen) atoms. The quantitative estimate of drug-likeness (QED) is 0.796. The lowest BCUT2D eigenvalue weighted by molar-refractivity contribution is 0.313. The fraction of sp³-hybridized carbons (Fsp3) is 0.333. The van der Waals surface area contributed by atoms with E-state index in [9.17, 15) is 0 Å². The number of halogens is 1. The molecule has 1 N–H and O–H groups in total. The summed E-state index contributed by atoms with van der Waals surface area (Å²) in [6.07, 6.45) is 1.03. The van der Waals surface area contributed by atoms with Crippen LogP contribution in [0.1, 0.15) is 23.8 Å². The summed E-state index contributed by atoms with van der Waals surface area (Å²) in [5.74, 6) is 0.976. The highest BCUT2D eigenvalue weighted by Crippen LogP contribution is 2.23. The van der Waals surface area contributed by atoms with Crippen LogP contribution in [-0.2, 0) is 13.1 Å². The van der Waals surface area contributed by atoms with E-state index in [1.807, 2.05) is 12.1 Å². The third kappa shape index (κ3) is 4.64. The van der Waals surface area contributed by atoms with Crippen LogP contribution in [0.25, 0.3) is 0 Å². The predicted octanol–water partition coefficient (Wildman–Crippen LogP) is 4.59. The van der Waals surface area contributed by atoms with Crippen molar-refractivity contribution in [1.82, 2.24) is 5.32 Å². The van der Waals surface area contributed by atoms with Gasteiger partial charge in [-0.05, 0) is 36.1 Å². The van der Waals surface area contributed by atoms with Crippen molar-refractivity contribution in [3.63, 3.8) is 0 Å². The van der Waals surface area contributed by atoms with Gasteiger partial charge in [-0.1, -0.05) is 28.9 Å². The fourth-order valence-corrected chi connectivity index (χ4v) is 2.86. The molecule has 2 aromatic rings. The molecule has 1 heterocycles. The lowest BCUT2D eigenvalue weighted by Crippen LogP contribution is -2.13. The van der Waals surface area contributed by atoms with Crippen molar-refractivity contribution in [1.29, 1.82) is 0 Å². The van der Waals surface area contributed by atoms with Gasteiger partial charge in [-0.25, -0.2) is 0 Å². The van der Waals surface area contributed by atoms with Crippen LogP contribution in [0.2, 0.25) is 0 Å². The molecule has 0 radical (unpaired) electrons. The highest BCUT2D eigenvalue weighted by molar-refractivity contribution is 9.10. The van der Waals surface area contributed by atoms with Gasteiger partial charge in [-0.3, -0.25) is 0 Å². The Morgan fingerprint density at radius 1 is 1.26 bits per heavy atom. The zero-order valence-corrected chi connectivity index (χ0v) is 13.4. The zero-order chi connectivity index (χ0) is 13.5. The van der Waals surface area contributed by atoms with Gasteiger partial charge in [0, 0.05) is 28.0 Å². The van der Waals surface area contributed by atoms with Crippen LogP contribution in [-0.4, -0.2) is 6.61 Å². The van der Waals surface area contributed by atoms with Gasteiger partial charge < -0.3 is 10.1 Å².